The number of alkyl halides is 2. The minimum atomic E-state index is -2.58. The van der Waals surface area contributed by atoms with Crippen molar-refractivity contribution in [3.8, 4) is 0 Å². The number of nitrogens with one attached hydrogen (secondary N) is 1. The Balaban J connectivity index is 1.61. The van der Waals surface area contributed by atoms with E-state index in [4.69, 9.17) is 4.42 Å². The molecular weight excluding hydrogens is 254 g/mol. The van der Waals surface area contributed by atoms with E-state index in [1.54, 1.807) is 0 Å². The van der Waals surface area contributed by atoms with Gasteiger partial charge in [0.2, 0.25) is 5.92 Å². The SMILES string of the molecule is O=C(NC1CCC(F)(F)CC1)c1ncoc1C1CC1. The van der Waals surface area contributed by atoms with Crippen LogP contribution in [-0.2, 0) is 0 Å². The topological polar surface area (TPSA) is 55.1 Å². The molecule has 2 aliphatic carbocycles. The number of carbonyl (C=O) groups excluding carboxylic acids is 1. The van der Waals surface area contributed by atoms with Crippen molar-refractivity contribution in [2.45, 2.75) is 56.4 Å². The fraction of sp³-hybridized carbons (Fsp3) is 0.692. The molecule has 1 heterocycles. The van der Waals surface area contributed by atoms with Crippen molar-refractivity contribution in [2.24, 2.45) is 0 Å². The Labute approximate surface area is 109 Å². The maximum atomic E-state index is 13.0. The molecule has 0 aliphatic heterocycles. The summed E-state index contributed by atoms with van der Waals surface area (Å²) >= 11 is 0. The van der Waals surface area contributed by atoms with Gasteiger partial charge in [-0.2, -0.15) is 0 Å². The van der Waals surface area contributed by atoms with Crippen LogP contribution in [-0.4, -0.2) is 22.9 Å². The summed E-state index contributed by atoms with van der Waals surface area (Å²) < 4.78 is 31.3. The molecule has 104 valence electrons. The zero-order valence-corrected chi connectivity index (χ0v) is 10.5. The summed E-state index contributed by atoms with van der Waals surface area (Å²) in [6.45, 7) is 0. The van der Waals surface area contributed by atoms with E-state index < -0.39 is 5.92 Å². The molecule has 1 N–H and O–H groups in total. The van der Waals surface area contributed by atoms with Crippen LogP contribution >= 0.6 is 0 Å². The molecule has 0 unspecified atom stereocenters. The Bertz CT molecular complexity index is 473. The van der Waals surface area contributed by atoms with Crippen LogP contribution in [0.4, 0.5) is 8.78 Å². The Morgan fingerprint density at radius 1 is 1.32 bits per heavy atom. The third-order valence-corrected chi connectivity index (χ3v) is 3.81. The molecule has 0 aromatic carbocycles. The first-order valence-electron chi connectivity index (χ1n) is 6.67. The van der Waals surface area contributed by atoms with Gasteiger partial charge in [-0.15, -0.1) is 0 Å². The highest BCUT2D eigenvalue weighted by Gasteiger charge is 2.37. The maximum absolute atomic E-state index is 13.0. The van der Waals surface area contributed by atoms with Crippen molar-refractivity contribution in [3.05, 3.63) is 17.8 Å². The summed E-state index contributed by atoms with van der Waals surface area (Å²) in [6, 6.07) is -0.184. The second-order valence-corrected chi connectivity index (χ2v) is 5.44. The normalized spacial score (nSPS) is 23.3. The standard InChI is InChI=1S/C13H16F2N2O2/c14-13(15)5-3-9(4-6-13)17-12(18)10-11(8-1-2-8)19-7-16-10/h7-9H,1-6H2,(H,17,18). The number of oxazole rings is 1. The van der Waals surface area contributed by atoms with Crippen molar-refractivity contribution in [3.63, 3.8) is 0 Å². The van der Waals surface area contributed by atoms with Crippen LogP contribution in [0.3, 0.4) is 0 Å². The van der Waals surface area contributed by atoms with Crippen molar-refractivity contribution in [2.75, 3.05) is 0 Å². The van der Waals surface area contributed by atoms with E-state index in [-0.39, 0.29) is 24.8 Å². The Hall–Kier alpha value is -1.46. The van der Waals surface area contributed by atoms with Crippen molar-refractivity contribution in [1.82, 2.24) is 10.3 Å². The van der Waals surface area contributed by atoms with E-state index in [2.05, 4.69) is 10.3 Å². The van der Waals surface area contributed by atoms with Crippen LogP contribution in [0.2, 0.25) is 0 Å². The first-order chi connectivity index (χ1) is 9.05. The summed E-state index contributed by atoms with van der Waals surface area (Å²) in [4.78, 5) is 16.0. The smallest absolute Gasteiger partial charge is 0.273 e. The molecule has 0 saturated heterocycles. The molecule has 2 aliphatic rings. The average Bonchev–Trinajstić information content (AvgIpc) is 3.09. The van der Waals surface area contributed by atoms with Crippen LogP contribution < -0.4 is 5.32 Å². The Morgan fingerprint density at radius 2 is 2.00 bits per heavy atom. The predicted molar refractivity (Wildman–Crippen MR) is 63.1 cm³/mol. The first-order valence-corrected chi connectivity index (χ1v) is 6.67. The number of carbonyl (C=O) groups is 1. The first kappa shape index (κ1) is 12.6. The lowest BCUT2D eigenvalue weighted by molar-refractivity contribution is -0.0399. The maximum Gasteiger partial charge on any atom is 0.273 e. The van der Waals surface area contributed by atoms with Gasteiger partial charge in [-0.05, 0) is 25.7 Å². The number of aromatic nitrogens is 1. The van der Waals surface area contributed by atoms with Crippen LogP contribution in [0.5, 0.6) is 0 Å². The van der Waals surface area contributed by atoms with Crippen molar-refractivity contribution < 1.29 is 18.0 Å². The molecule has 3 rings (SSSR count). The third-order valence-electron chi connectivity index (χ3n) is 3.81. The molecule has 6 heteroatoms. The molecule has 1 amide bonds. The van der Waals surface area contributed by atoms with Crippen LogP contribution in [0.25, 0.3) is 0 Å². The number of rotatable bonds is 3. The average molecular weight is 270 g/mol. The Morgan fingerprint density at radius 3 is 2.63 bits per heavy atom. The summed E-state index contributed by atoms with van der Waals surface area (Å²) in [5.74, 6) is -1.93. The van der Waals surface area contributed by atoms with E-state index in [9.17, 15) is 13.6 Å². The molecule has 0 atom stereocenters. The summed E-state index contributed by atoms with van der Waals surface area (Å²) in [5, 5.41) is 2.79. The molecule has 2 fully saturated rings. The highest BCUT2D eigenvalue weighted by Crippen LogP contribution is 2.41. The van der Waals surface area contributed by atoms with E-state index in [1.165, 1.54) is 6.39 Å². The second-order valence-electron chi connectivity index (χ2n) is 5.44. The lowest BCUT2D eigenvalue weighted by atomic mass is 9.92. The van der Waals surface area contributed by atoms with E-state index >= 15 is 0 Å². The summed E-state index contributed by atoms with van der Waals surface area (Å²) in [7, 11) is 0. The van der Waals surface area contributed by atoms with Crippen LogP contribution in [0, 0.1) is 0 Å². The van der Waals surface area contributed by atoms with E-state index in [1.807, 2.05) is 0 Å². The van der Waals surface area contributed by atoms with Gasteiger partial charge in [0.15, 0.2) is 12.1 Å². The largest absolute Gasteiger partial charge is 0.447 e. The molecule has 0 radical (unpaired) electrons. The molecule has 0 bridgehead atoms. The Kier molecular flexibility index (Phi) is 3.03. The summed E-state index contributed by atoms with van der Waals surface area (Å²) in [6.07, 6.45) is 3.62. The number of nitrogens with zero attached hydrogens (tertiary/aromatic N) is 1. The van der Waals surface area contributed by atoms with Gasteiger partial charge >= 0.3 is 0 Å². The van der Waals surface area contributed by atoms with E-state index in [0.717, 1.165) is 12.8 Å². The fourth-order valence-corrected chi connectivity index (χ4v) is 2.50. The quantitative estimate of drug-likeness (QED) is 0.918. The highest BCUT2D eigenvalue weighted by molar-refractivity contribution is 5.93. The van der Waals surface area contributed by atoms with Gasteiger partial charge < -0.3 is 9.73 Å². The lowest BCUT2D eigenvalue weighted by Gasteiger charge is -2.28. The third kappa shape index (κ3) is 2.77. The van der Waals surface area contributed by atoms with Gasteiger partial charge in [0, 0.05) is 24.8 Å². The van der Waals surface area contributed by atoms with Gasteiger partial charge in [0.25, 0.3) is 5.91 Å². The van der Waals surface area contributed by atoms with Crippen molar-refractivity contribution in [1.29, 1.82) is 0 Å². The monoisotopic (exact) mass is 270 g/mol. The van der Waals surface area contributed by atoms with Crippen LogP contribution in [0.15, 0.2) is 10.8 Å². The van der Waals surface area contributed by atoms with Gasteiger partial charge in [0.1, 0.15) is 5.76 Å². The minimum Gasteiger partial charge on any atom is -0.447 e. The molecule has 2 saturated carbocycles. The molecular formula is C13H16F2N2O2. The zero-order valence-electron chi connectivity index (χ0n) is 10.5. The number of hydrogen-bond acceptors (Lipinski definition) is 3. The van der Waals surface area contributed by atoms with Gasteiger partial charge in [-0.1, -0.05) is 0 Å². The van der Waals surface area contributed by atoms with E-state index in [0.29, 0.717) is 30.2 Å². The van der Waals surface area contributed by atoms with Crippen molar-refractivity contribution >= 4 is 5.91 Å². The predicted octanol–water partition coefficient (Wildman–Crippen LogP) is 2.86. The molecule has 19 heavy (non-hydrogen) atoms. The molecule has 1 aromatic heterocycles. The fourth-order valence-electron chi connectivity index (χ4n) is 2.50. The minimum absolute atomic E-state index is 0.160. The van der Waals surface area contributed by atoms with Gasteiger partial charge in [0.05, 0.1) is 0 Å². The van der Waals surface area contributed by atoms with Gasteiger partial charge in [-0.25, -0.2) is 13.8 Å². The number of halogens is 2. The molecule has 0 spiro atoms. The molecule has 1 aromatic rings. The second kappa shape index (κ2) is 4.58. The zero-order chi connectivity index (χ0) is 13.5. The van der Waals surface area contributed by atoms with Crippen LogP contribution in [0.1, 0.15) is 60.7 Å². The van der Waals surface area contributed by atoms with Gasteiger partial charge in [-0.3, -0.25) is 4.79 Å². The summed E-state index contributed by atoms with van der Waals surface area (Å²) in [5.41, 5.74) is 0.319. The lowest BCUT2D eigenvalue weighted by Crippen LogP contribution is -2.40. The highest BCUT2D eigenvalue weighted by atomic mass is 19.3. The number of hydrogen-bond donors (Lipinski definition) is 1. The number of amides is 1. The molecule has 4 nitrogen and oxygen atoms in total.